The minimum atomic E-state index is -0.823. The van der Waals surface area contributed by atoms with Crippen LogP contribution in [0.4, 0.5) is 0 Å². The number of aldehydes is 1. The third-order valence-corrected chi connectivity index (χ3v) is 2.17. The van der Waals surface area contributed by atoms with Crippen molar-refractivity contribution in [2.24, 2.45) is 0 Å². The van der Waals surface area contributed by atoms with Crippen LogP contribution in [0.5, 0.6) is 5.75 Å². The first-order valence-corrected chi connectivity index (χ1v) is 5.04. The number of carboxylic acids is 1. The monoisotopic (exact) mass is 222 g/mol. The molecule has 0 saturated heterocycles. The Kier molecular flexibility index (Phi) is 4.51. The van der Waals surface area contributed by atoms with Crippen LogP contribution < -0.4 is 4.74 Å². The van der Waals surface area contributed by atoms with E-state index in [0.717, 1.165) is 11.8 Å². The molecule has 86 valence electrons. The van der Waals surface area contributed by atoms with Gasteiger partial charge in [0.05, 0.1) is 6.61 Å². The molecule has 1 N–H and O–H groups in total. The Bertz CT molecular complexity index is 385. The Labute approximate surface area is 93.9 Å². The van der Waals surface area contributed by atoms with E-state index in [1.807, 2.05) is 6.92 Å². The summed E-state index contributed by atoms with van der Waals surface area (Å²) < 4.78 is 5.36. The van der Waals surface area contributed by atoms with Crippen LogP contribution in [0.25, 0.3) is 0 Å². The zero-order chi connectivity index (χ0) is 12.0. The van der Waals surface area contributed by atoms with E-state index in [-0.39, 0.29) is 6.42 Å². The smallest absolute Gasteiger partial charge is 0.303 e. The number of aliphatic carboxylic acids is 1. The van der Waals surface area contributed by atoms with E-state index in [9.17, 15) is 9.59 Å². The molecule has 0 atom stereocenters. The van der Waals surface area contributed by atoms with Crippen LogP contribution >= 0.6 is 0 Å². The molecule has 0 radical (unpaired) electrons. The number of hydrogen-bond acceptors (Lipinski definition) is 3. The Morgan fingerprint density at radius 3 is 2.81 bits per heavy atom. The Morgan fingerprint density at radius 1 is 1.50 bits per heavy atom. The highest BCUT2D eigenvalue weighted by atomic mass is 16.5. The van der Waals surface area contributed by atoms with Crippen LogP contribution in [-0.4, -0.2) is 24.0 Å². The summed E-state index contributed by atoms with van der Waals surface area (Å²) in [6.45, 7) is 2.19. The Hall–Kier alpha value is -1.84. The van der Waals surface area contributed by atoms with Crippen molar-refractivity contribution in [3.63, 3.8) is 0 Å². The number of hydrogen-bond donors (Lipinski definition) is 1. The second kappa shape index (κ2) is 5.90. The van der Waals surface area contributed by atoms with E-state index in [2.05, 4.69) is 0 Å². The third-order valence-electron chi connectivity index (χ3n) is 2.17. The molecule has 1 aromatic carbocycles. The van der Waals surface area contributed by atoms with Crippen molar-refractivity contribution < 1.29 is 19.4 Å². The predicted molar refractivity (Wildman–Crippen MR) is 58.9 cm³/mol. The standard InChI is InChI=1S/C12H14O4/c1-9-7-11(5-4-10(9)8-13)16-6-2-3-12(14)15/h4-5,7-8H,2-3,6H2,1H3,(H,14,15). The fourth-order valence-electron chi connectivity index (χ4n) is 1.28. The van der Waals surface area contributed by atoms with Crippen LogP contribution in [0.1, 0.15) is 28.8 Å². The fraction of sp³-hybridized carbons (Fsp3) is 0.333. The number of carbonyl (C=O) groups excluding carboxylic acids is 1. The summed E-state index contributed by atoms with van der Waals surface area (Å²) in [6.07, 6.45) is 1.37. The van der Waals surface area contributed by atoms with E-state index in [0.29, 0.717) is 24.3 Å². The van der Waals surface area contributed by atoms with Gasteiger partial charge < -0.3 is 9.84 Å². The molecule has 4 heteroatoms. The lowest BCUT2D eigenvalue weighted by Crippen LogP contribution is -2.02. The number of rotatable bonds is 6. The van der Waals surface area contributed by atoms with Gasteiger partial charge in [-0.3, -0.25) is 9.59 Å². The van der Waals surface area contributed by atoms with Gasteiger partial charge in [-0.2, -0.15) is 0 Å². The lowest BCUT2D eigenvalue weighted by molar-refractivity contribution is -0.137. The van der Waals surface area contributed by atoms with Gasteiger partial charge in [0.15, 0.2) is 0 Å². The normalized spacial score (nSPS) is 9.81. The maximum absolute atomic E-state index is 10.6. The number of carboxylic acid groups (broad SMARTS) is 1. The Balaban J connectivity index is 2.46. The van der Waals surface area contributed by atoms with E-state index < -0.39 is 5.97 Å². The molecule has 0 aliphatic rings. The van der Waals surface area contributed by atoms with Gasteiger partial charge in [-0.25, -0.2) is 0 Å². The van der Waals surface area contributed by atoms with E-state index in [1.54, 1.807) is 18.2 Å². The molecule has 0 heterocycles. The van der Waals surface area contributed by atoms with Gasteiger partial charge >= 0.3 is 5.97 Å². The zero-order valence-electron chi connectivity index (χ0n) is 9.10. The van der Waals surface area contributed by atoms with Crippen molar-refractivity contribution in [3.8, 4) is 5.75 Å². The SMILES string of the molecule is Cc1cc(OCCCC(=O)O)ccc1C=O. The first-order valence-electron chi connectivity index (χ1n) is 5.04. The second-order valence-corrected chi connectivity index (χ2v) is 3.48. The van der Waals surface area contributed by atoms with Crippen molar-refractivity contribution >= 4 is 12.3 Å². The molecule has 16 heavy (non-hydrogen) atoms. The maximum atomic E-state index is 10.6. The highest BCUT2D eigenvalue weighted by Gasteiger charge is 2.01. The van der Waals surface area contributed by atoms with E-state index in [4.69, 9.17) is 9.84 Å². The quantitative estimate of drug-likeness (QED) is 0.591. The minimum Gasteiger partial charge on any atom is -0.494 e. The van der Waals surface area contributed by atoms with Gasteiger partial charge in [0.1, 0.15) is 12.0 Å². The van der Waals surface area contributed by atoms with Crippen molar-refractivity contribution in [1.29, 1.82) is 0 Å². The minimum absolute atomic E-state index is 0.103. The number of ether oxygens (including phenoxy) is 1. The molecule has 1 aromatic rings. The van der Waals surface area contributed by atoms with Crippen molar-refractivity contribution in [3.05, 3.63) is 29.3 Å². The van der Waals surface area contributed by atoms with Crippen molar-refractivity contribution in [2.75, 3.05) is 6.61 Å². The summed E-state index contributed by atoms with van der Waals surface area (Å²) in [5.41, 5.74) is 1.49. The van der Waals surface area contributed by atoms with Crippen molar-refractivity contribution in [1.82, 2.24) is 0 Å². The van der Waals surface area contributed by atoms with Crippen LogP contribution in [0.3, 0.4) is 0 Å². The molecule has 0 saturated carbocycles. The fourth-order valence-corrected chi connectivity index (χ4v) is 1.28. The molecule has 4 nitrogen and oxygen atoms in total. The average Bonchev–Trinajstić information content (AvgIpc) is 2.24. The van der Waals surface area contributed by atoms with Gasteiger partial charge in [-0.05, 0) is 37.1 Å². The summed E-state index contributed by atoms with van der Waals surface area (Å²) in [4.78, 5) is 20.8. The van der Waals surface area contributed by atoms with Crippen molar-refractivity contribution in [2.45, 2.75) is 19.8 Å². The highest BCUT2D eigenvalue weighted by molar-refractivity contribution is 5.77. The lowest BCUT2D eigenvalue weighted by atomic mass is 10.1. The van der Waals surface area contributed by atoms with Crippen LogP contribution in [0.15, 0.2) is 18.2 Å². The number of carbonyl (C=O) groups is 2. The maximum Gasteiger partial charge on any atom is 0.303 e. The van der Waals surface area contributed by atoms with Gasteiger partial charge in [0, 0.05) is 12.0 Å². The topological polar surface area (TPSA) is 63.6 Å². The molecule has 0 spiro atoms. The molecular weight excluding hydrogens is 208 g/mol. The summed E-state index contributed by atoms with van der Waals surface area (Å²) in [5.74, 6) is -0.162. The molecule has 0 aliphatic heterocycles. The van der Waals surface area contributed by atoms with E-state index >= 15 is 0 Å². The molecule has 0 bridgehead atoms. The Morgan fingerprint density at radius 2 is 2.25 bits per heavy atom. The molecular formula is C12H14O4. The largest absolute Gasteiger partial charge is 0.494 e. The molecule has 0 unspecified atom stereocenters. The summed E-state index contributed by atoms with van der Waals surface area (Å²) >= 11 is 0. The van der Waals surface area contributed by atoms with E-state index in [1.165, 1.54) is 0 Å². The molecule has 1 rings (SSSR count). The summed E-state index contributed by atoms with van der Waals surface area (Å²) in [5, 5.41) is 8.43. The zero-order valence-corrected chi connectivity index (χ0v) is 9.10. The van der Waals surface area contributed by atoms with Crippen LogP contribution in [0, 0.1) is 6.92 Å². The molecule has 0 aromatic heterocycles. The van der Waals surface area contributed by atoms with Gasteiger partial charge in [-0.1, -0.05) is 0 Å². The summed E-state index contributed by atoms with van der Waals surface area (Å²) in [6, 6.07) is 5.16. The van der Waals surface area contributed by atoms with Gasteiger partial charge in [-0.15, -0.1) is 0 Å². The predicted octanol–water partition coefficient (Wildman–Crippen LogP) is 2.05. The van der Waals surface area contributed by atoms with Gasteiger partial charge in [0.2, 0.25) is 0 Å². The third kappa shape index (κ3) is 3.73. The van der Waals surface area contributed by atoms with Gasteiger partial charge in [0.25, 0.3) is 0 Å². The molecule has 0 fully saturated rings. The summed E-state index contributed by atoms with van der Waals surface area (Å²) in [7, 11) is 0. The lowest BCUT2D eigenvalue weighted by Gasteiger charge is -2.06. The first-order chi connectivity index (χ1) is 7.63. The molecule has 0 amide bonds. The van der Waals surface area contributed by atoms with Crippen LogP contribution in [-0.2, 0) is 4.79 Å². The average molecular weight is 222 g/mol. The molecule has 0 aliphatic carbocycles. The number of benzene rings is 1. The first kappa shape index (κ1) is 12.2. The van der Waals surface area contributed by atoms with Crippen LogP contribution in [0.2, 0.25) is 0 Å². The second-order valence-electron chi connectivity index (χ2n) is 3.48. The number of aryl methyl sites for hydroxylation is 1. The highest BCUT2D eigenvalue weighted by Crippen LogP contribution is 2.16.